The van der Waals surface area contributed by atoms with Crippen molar-refractivity contribution < 1.29 is 8.42 Å². The van der Waals surface area contributed by atoms with Crippen LogP contribution in [0.1, 0.15) is 5.69 Å². The Hall–Kier alpha value is -1.82. The van der Waals surface area contributed by atoms with E-state index >= 15 is 0 Å². The van der Waals surface area contributed by atoms with Crippen LogP contribution in [0.25, 0.3) is 0 Å². The maximum Gasteiger partial charge on any atom is 0.265 e. The van der Waals surface area contributed by atoms with Crippen LogP contribution in [0.2, 0.25) is 0 Å². The van der Waals surface area contributed by atoms with E-state index in [1.165, 1.54) is 6.20 Å². The van der Waals surface area contributed by atoms with E-state index in [-0.39, 0.29) is 4.90 Å². The number of H-pyrrole nitrogens is 1. The second-order valence-corrected chi connectivity index (χ2v) is 4.98. The Morgan fingerprint density at radius 1 is 1.25 bits per heavy atom. The average Bonchev–Trinajstić information content (AvgIpc) is 2.66. The van der Waals surface area contributed by atoms with Crippen molar-refractivity contribution in [3.05, 3.63) is 42.2 Å². The molecule has 0 saturated carbocycles. The van der Waals surface area contributed by atoms with Gasteiger partial charge in [0.25, 0.3) is 10.0 Å². The van der Waals surface area contributed by atoms with Crippen molar-refractivity contribution in [3.8, 4) is 0 Å². The summed E-state index contributed by atoms with van der Waals surface area (Å²) < 4.78 is 26.3. The molecule has 0 unspecified atom stereocenters. The van der Waals surface area contributed by atoms with Crippen LogP contribution < -0.4 is 4.72 Å². The van der Waals surface area contributed by atoms with Crippen LogP contribution >= 0.6 is 0 Å². The summed E-state index contributed by atoms with van der Waals surface area (Å²) in [6, 6.07) is 8.72. The summed E-state index contributed by atoms with van der Waals surface area (Å²) in [5.41, 5.74) is 1.05. The van der Waals surface area contributed by atoms with Crippen molar-refractivity contribution in [1.29, 1.82) is 0 Å². The number of sulfonamides is 1. The normalized spacial score (nSPS) is 11.3. The second-order valence-electron chi connectivity index (χ2n) is 3.33. The van der Waals surface area contributed by atoms with Crippen molar-refractivity contribution in [1.82, 2.24) is 10.2 Å². The van der Waals surface area contributed by atoms with E-state index in [1.807, 2.05) is 6.07 Å². The summed E-state index contributed by atoms with van der Waals surface area (Å²) in [5, 5.41) is 6.28. The van der Waals surface area contributed by atoms with Crippen LogP contribution in [0.15, 0.2) is 41.4 Å². The lowest BCUT2D eigenvalue weighted by Gasteiger charge is -2.06. The van der Waals surface area contributed by atoms with Gasteiger partial charge in [0.15, 0.2) is 0 Å². The zero-order valence-corrected chi connectivity index (χ0v) is 9.45. The van der Waals surface area contributed by atoms with Gasteiger partial charge in [-0.3, -0.25) is 9.82 Å². The molecule has 0 bridgehead atoms. The molecular weight excluding hydrogens is 226 g/mol. The van der Waals surface area contributed by atoms with Gasteiger partial charge in [0.2, 0.25) is 0 Å². The number of aromatic nitrogens is 2. The Morgan fingerprint density at radius 3 is 2.50 bits per heavy atom. The fourth-order valence-electron chi connectivity index (χ4n) is 1.33. The van der Waals surface area contributed by atoms with Crippen molar-refractivity contribution in [2.45, 2.75) is 11.8 Å². The molecule has 16 heavy (non-hydrogen) atoms. The van der Waals surface area contributed by atoms with Crippen molar-refractivity contribution in [2.24, 2.45) is 0 Å². The maximum absolute atomic E-state index is 11.9. The topological polar surface area (TPSA) is 74.8 Å². The van der Waals surface area contributed by atoms with Gasteiger partial charge in [-0.15, -0.1) is 0 Å². The molecule has 6 heteroatoms. The van der Waals surface area contributed by atoms with Crippen LogP contribution in [0, 0.1) is 6.92 Å². The zero-order chi connectivity index (χ0) is 11.6. The van der Waals surface area contributed by atoms with Gasteiger partial charge >= 0.3 is 0 Å². The Morgan fingerprint density at radius 2 is 1.94 bits per heavy atom. The number of anilines is 1. The number of para-hydroxylation sites is 1. The quantitative estimate of drug-likeness (QED) is 0.849. The molecule has 1 aromatic carbocycles. The van der Waals surface area contributed by atoms with Gasteiger partial charge in [0.1, 0.15) is 4.90 Å². The third-order valence-corrected chi connectivity index (χ3v) is 3.59. The summed E-state index contributed by atoms with van der Waals surface area (Å²) in [7, 11) is -3.54. The van der Waals surface area contributed by atoms with Gasteiger partial charge in [0.05, 0.1) is 11.9 Å². The second kappa shape index (κ2) is 3.97. The zero-order valence-electron chi connectivity index (χ0n) is 8.64. The molecule has 2 aromatic rings. The molecule has 0 aliphatic carbocycles. The van der Waals surface area contributed by atoms with Gasteiger partial charge < -0.3 is 0 Å². The van der Waals surface area contributed by atoms with Crippen LogP contribution in [0.3, 0.4) is 0 Å². The van der Waals surface area contributed by atoms with E-state index in [1.54, 1.807) is 31.2 Å². The Labute approximate surface area is 93.6 Å². The Kier molecular flexibility index (Phi) is 2.66. The molecule has 1 heterocycles. The average molecular weight is 237 g/mol. The standard InChI is InChI=1S/C10H11N3O2S/c1-8-10(7-11-12-8)16(14,15)13-9-5-3-2-4-6-9/h2-7,13H,1H3,(H,11,12). The maximum atomic E-state index is 11.9. The molecule has 1 aromatic heterocycles. The molecule has 2 N–H and O–H groups in total. The summed E-state index contributed by atoms with van der Waals surface area (Å²) in [5.74, 6) is 0. The monoisotopic (exact) mass is 237 g/mol. The smallest absolute Gasteiger partial charge is 0.265 e. The summed E-state index contributed by atoms with van der Waals surface area (Å²) in [6.07, 6.45) is 1.29. The number of hydrogen-bond acceptors (Lipinski definition) is 3. The highest BCUT2D eigenvalue weighted by Gasteiger charge is 2.18. The minimum Gasteiger partial charge on any atom is -0.281 e. The molecule has 0 spiro atoms. The molecule has 0 atom stereocenters. The van der Waals surface area contributed by atoms with Crippen molar-refractivity contribution >= 4 is 15.7 Å². The van der Waals surface area contributed by atoms with Gasteiger partial charge in [-0.1, -0.05) is 18.2 Å². The highest BCUT2D eigenvalue weighted by molar-refractivity contribution is 7.92. The lowest BCUT2D eigenvalue weighted by molar-refractivity contribution is 0.600. The van der Waals surface area contributed by atoms with E-state index in [9.17, 15) is 8.42 Å². The minimum atomic E-state index is -3.54. The first kappa shape index (κ1) is 10.7. The Bertz CT molecular complexity index is 575. The molecule has 0 amide bonds. The number of rotatable bonds is 3. The van der Waals surface area contributed by atoms with Gasteiger partial charge in [-0.25, -0.2) is 8.42 Å². The van der Waals surface area contributed by atoms with Crippen LogP contribution in [-0.4, -0.2) is 18.6 Å². The van der Waals surface area contributed by atoms with E-state index < -0.39 is 10.0 Å². The van der Waals surface area contributed by atoms with E-state index in [4.69, 9.17) is 0 Å². The number of hydrogen-bond donors (Lipinski definition) is 2. The minimum absolute atomic E-state index is 0.163. The third kappa shape index (κ3) is 2.06. The molecule has 2 rings (SSSR count). The lowest BCUT2D eigenvalue weighted by Crippen LogP contribution is -2.13. The highest BCUT2D eigenvalue weighted by atomic mass is 32.2. The fraction of sp³-hybridized carbons (Fsp3) is 0.100. The van der Waals surface area contributed by atoms with Crippen LogP contribution in [0.4, 0.5) is 5.69 Å². The predicted octanol–water partition coefficient (Wildman–Crippen LogP) is 1.52. The Balaban J connectivity index is 2.32. The van der Waals surface area contributed by atoms with E-state index in [0.717, 1.165) is 0 Å². The van der Waals surface area contributed by atoms with E-state index in [0.29, 0.717) is 11.4 Å². The summed E-state index contributed by atoms with van der Waals surface area (Å²) >= 11 is 0. The SMILES string of the molecule is Cc1[nH]ncc1S(=O)(=O)Nc1ccccc1. The summed E-state index contributed by atoms with van der Waals surface area (Å²) in [4.78, 5) is 0.163. The summed E-state index contributed by atoms with van der Waals surface area (Å²) in [6.45, 7) is 1.66. The van der Waals surface area contributed by atoms with Gasteiger partial charge in [0, 0.05) is 5.69 Å². The van der Waals surface area contributed by atoms with Crippen LogP contribution in [0.5, 0.6) is 0 Å². The van der Waals surface area contributed by atoms with Crippen molar-refractivity contribution in [2.75, 3.05) is 4.72 Å². The molecule has 0 saturated heterocycles. The molecule has 0 fully saturated rings. The largest absolute Gasteiger partial charge is 0.281 e. The first-order valence-corrected chi connectivity index (χ1v) is 6.16. The molecule has 5 nitrogen and oxygen atoms in total. The number of nitrogens with zero attached hydrogens (tertiary/aromatic N) is 1. The molecule has 0 aliphatic heterocycles. The predicted molar refractivity (Wildman–Crippen MR) is 60.6 cm³/mol. The van der Waals surface area contributed by atoms with Crippen molar-refractivity contribution in [3.63, 3.8) is 0 Å². The van der Waals surface area contributed by atoms with Crippen LogP contribution in [-0.2, 0) is 10.0 Å². The van der Waals surface area contributed by atoms with Gasteiger partial charge in [-0.2, -0.15) is 5.10 Å². The highest BCUT2D eigenvalue weighted by Crippen LogP contribution is 2.16. The molecular formula is C10H11N3O2S. The number of aromatic amines is 1. The molecule has 84 valence electrons. The molecule has 0 radical (unpaired) electrons. The number of nitrogens with one attached hydrogen (secondary N) is 2. The molecule has 0 aliphatic rings. The number of aryl methyl sites for hydroxylation is 1. The fourth-order valence-corrected chi connectivity index (χ4v) is 2.52. The van der Waals surface area contributed by atoms with Gasteiger partial charge in [-0.05, 0) is 19.1 Å². The third-order valence-electron chi connectivity index (χ3n) is 2.10. The number of benzene rings is 1. The lowest BCUT2D eigenvalue weighted by atomic mass is 10.3. The van der Waals surface area contributed by atoms with E-state index in [2.05, 4.69) is 14.9 Å². The first-order chi connectivity index (χ1) is 7.59. The first-order valence-electron chi connectivity index (χ1n) is 4.67.